The zero-order chi connectivity index (χ0) is 43.1. The van der Waals surface area contributed by atoms with Crippen LogP contribution in [0.3, 0.4) is 0 Å². The normalized spacial score (nSPS) is 16.8. The summed E-state index contributed by atoms with van der Waals surface area (Å²) in [6.45, 7) is 5.05. The van der Waals surface area contributed by atoms with Crippen molar-refractivity contribution in [1.82, 2.24) is 15.2 Å². The molecule has 2 N–H and O–H groups in total. The van der Waals surface area contributed by atoms with Gasteiger partial charge in [0.1, 0.15) is 17.5 Å². The maximum Gasteiger partial charge on any atom is 0.414 e. The minimum atomic E-state index is -1.25. The predicted molar refractivity (Wildman–Crippen MR) is 241 cm³/mol. The maximum absolute atomic E-state index is 14.4. The average Bonchev–Trinajstić information content (AvgIpc) is 3.65. The number of methoxy groups -OCH3 is 1. The summed E-state index contributed by atoms with van der Waals surface area (Å²) in [5.41, 5.74) is 3.31. The number of nitrogens with one attached hydrogen (secondary N) is 1. The minimum absolute atomic E-state index is 0.189. The number of aromatic nitrogens is 1. The highest BCUT2D eigenvalue weighted by Crippen LogP contribution is 2.49. The number of halogens is 2. The van der Waals surface area contributed by atoms with Gasteiger partial charge in [-0.2, -0.15) is 0 Å². The van der Waals surface area contributed by atoms with Gasteiger partial charge in [0.2, 0.25) is 11.8 Å². The van der Waals surface area contributed by atoms with Crippen molar-refractivity contribution >= 4 is 61.0 Å². The van der Waals surface area contributed by atoms with Crippen molar-refractivity contribution < 1.29 is 33.3 Å². The van der Waals surface area contributed by atoms with E-state index in [1.807, 2.05) is 67.5 Å². The third-order valence-corrected chi connectivity index (χ3v) is 11.6. The van der Waals surface area contributed by atoms with Crippen molar-refractivity contribution in [3.05, 3.63) is 142 Å². The van der Waals surface area contributed by atoms with Gasteiger partial charge in [-0.15, -0.1) is 0 Å². The van der Waals surface area contributed by atoms with Crippen molar-refractivity contribution in [2.75, 3.05) is 76.9 Å². The van der Waals surface area contributed by atoms with Crippen LogP contribution < -0.4 is 19.9 Å². The molecule has 1 aromatic heterocycles. The van der Waals surface area contributed by atoms with E-state index < -0.39 is 23.7 Å². The molecule has 2 aliphatic rings. The number of hydrogen-bond donors (Lipinski definition) is 2. The van der Waals surface area contributed by atoms with Crippen molar-refractivity contribution in [3.8, 4) is 5.88 Å². The maximum atomic E-state index is 14.4. The fourth-order valence-electron chi connectivity index (χ4n) is 8.13. The first-order valence-corrected chi connectivity index (χ1v) is 21.1. The second-order valence-corrected chi connectivity index (χ2v) is 16.5. The molecule has 2 aliphatic heterocycles. The van der Waals surface area contributed by atoms with Gasteiger partial charge in [-0.05, 0) is 84.9 Å². The number of aliphatic hydroxyl groups is 1. The summed E-state index contributed by atoms with van der Waals surface area (Å²) in [4.78, 5) is 33.2. The lowest BCUT2D eigenvalue weighted by Gasteiger charge is -2.39. The van der Waals surface area contributed by atoms with E-state index in [1.165, 1.54) is 17.9 Å². The van der Waals surface area contributed by atoms with Crippen LogP contribution in [-0.4, -0.2) is 100 Å². The summed E-state index contributed by atoms with van der Waals surface area (Å²) in [5.74, 6) is -0.476. The molecule has 5 aromatic carbocycles. The Morgan fingerprint density at radius 3 is 2.44 bits per heavy atom. The molecule has 8 rings (SSSR count). The Morgan fingerprint density at radius 1 is 0.984 bits per heavy atom. The Labute approximate surface area is 364 Å². The fourth-order valence-corrected chi connectivity index (χ4v) is 8.51. The van der Waals surface area contributed by atoms with Crippen LogP contribution in [0.5, 0.6) is 5.88 Å². The smallest absolute Gasteiger partial charge is 0.414 e. The fraction of sp³-hybridized carbons (Fsp3) is 0.312. The summed E-state index contributed by atoms with van der Waals surface area (Å²) in [5, 5.41) is 18.8. The number of pyridine rings is 1. The number of cyclic esters (lactones) is 1. The zero-order valence-corrected chi connectivity index (χ0v) is 36.4. The molecular weight excluding hydrogens is 841 g/mol. The molecule has 2 fully saturated rings. The van der Waals surface area contributed by atoms with Gasteiger partial charge in [-0.3, -0.25) is 9.69 Å². The monoisotopic (exact) mass is 891 g/mol. The number of morpholine rings is 1. The second-order valence-electron chi connectivity index (χ2n) is 15.6. The summed E-state index contributed by atoms with van der Waals surface area (Å²) < 4.78 is 31.8. The van der Waals surface area contributed by atoms with Gasteiger partial charge in [0.15, 0.2) is 0 Å². The summed E-state index contributed by atoms with van der Waals surface area (Å²) >= 11 is 3.60. The van der Waals surface area contributed by atoms with Crippen LogP contribution in [-0.2, 0) is 19.9 Å². The van der Waals surface area contributed by atoms with Gasteiger partial charge in [-0.25, -0.2) is 14.2 Å². The number of anilines is 2. The van der Waals surface area contributed by atoms with Crippen LogP contribution in [0, 0.1) is 5.82 Å². The largest absolute Gasteiger partial charge is 0.481 e. The van der Waals surface area contributed by atoms with Crippen LogP contribution in [0.25, 0.3) is 21.7 Å². The van der Waals surface area contributed by atoms with Gasteiger partial charge in [0, 0.05) is 47.9 Å². The Hall–Kier alpha value is -5.60. The highest BCUT2D eigenvalue weighted by Gasteiger charge is 2.43. The number of carbonyl (C=O) groups is 2. The number of hydrogen-bond acceptors (Lipinski definition) is 9. The van der Waals surface area contributed by atoms with E-state index in [0.717, 1.165) is 42.8 Å². The van der Waals surface area contributed by atoms with E-state index in [2.05, 4.69) is 74.7 Å². The number of amides is 2. The van der Waals surface area contributed by atoms with Gasteiger partial charge in [0.25, 0.3) is 0 Å². The SMILES string of the molecule is CC(=O)NC[C@H]1CN(c2ccc(N3CCOCC3)c(F)c2)C(=O)O1.COc1nc2ccc(Br)cc2cc1[C@@H](c1ccccc1)[C@@](O)(CCN(C)C)c1cccc2ccccc12. The molecule has 0 spiro atoms. The van der Waals surface area contributed by atoms with Gasteiger partial charge in [0.05, 0.1) is 50.3 Å². The van der Waals surface area contributed by atoms with Gasteiger partial charge >= 0.3 is 6.09 Å². The molecule has 13 heteroatoms. The van der Waals surface area contributed by atoms with Crippen LogP contribution >= 0.6 is 15.9 Å². The first-order chi connectivity index (χ1) is 29.4. The van der Waals surface area contributed by atoms with E-state index in [-0.39, 0.29) is 24.8 Å². The molecule has 3 atom stereocenters. The van der Waals surface area contributed by atoms with Crippen LogP contribution in [0.4, 0.5) is 20.6 Å². The van der Waals surface area contributed by atoms with E-state index in [0.29, 0.717) is 56.5 Å². The summed E-state index contributed by atoms with van der Waals surface area (Å²) in [7, 11) is 5.73. The number of ether oxygens (including phenoxy) is 3. The molecule has 0 unspecified atom stereocenters. The topological polar surface area (TPSA) is 117 Å². The first-order valence-electron chi connectivity index (χ1n) is 20.3. The van der Waals surface area contributed by atoms with Gasteiger partial charge < -0.3 is 34.4 Å². The van der Waals surface area contributed by atoms with E-state index in [9.17, 15) is 19.1 Å². The lowest BCUT2D eigenvalue weighted by atomic mass is 9.70. The van der Waals surface area contributed by atoms with Crippen LogP contribution in [0.1, 0.15) is 36.0 Å². The molecule has 0 aliphatic carbocycles. The van der Waals surface area contributed by atoms with E-state index in [1.54, 1.807) is 19.2 Å². The molecule has 0 saturated carbocycles. The number of rotatable bonds is 12. The van der Waals surface area contributed by atoms with Crippen molar-refractivity contribution in [2.45, 2.75) is 31.0 Å². The highest BCUT2D eigenvalue weighted by molar-refractivity contribution is 9.10. The average molecular weight is 893 g/mol. The summed E-state index contributed by atoms with van der Waals surface area (Å²) in [6.07, 6.45) is -0.458. The number of fused-ring (bicyclic) bond motifs is 2. The van der Waals surface area contributed by atoms with Gasteiger partial charge in [-0.1, -0.05) is 88.7 Å². The molecule has 11 nitrogen and oxygen atoms in total. The molecule has 318 valence electrons. The quantitative estimate of drug-likeness (QED) is 0.125. The van der Waals surface area contributed by atoms with E-state index in [4.69, 9.17) is 19.2 Å². The van der Waals surface area contributed by atoms with E-state index >= 15 is 0 Å². The Kier molecular flexibility index (Phi) is 13.8. The highest BCUT2D eigenvalue weighted by atomic mass is 79.9. The Bertz CT molecular complexity index is 2480. The molecule has 0 bridgehead atoms. The number of benzene rings is 5. The molecule has 61 heavy (non-hydrogen) atoms. The molecule has 0 radical (unpaired) electrons. The molecular formula is C48H51BrFN5O6. The van der Waals surface area contributed by atoms with Crippen molar-refractivity contribution in [1.29, 1.82) is 0 Å². The third kappa shape index (κ3) is 9.97. The van der Waals surface area contributed by atoms with Crippen molar-refractivity contribution in [2.24, 2.45) is 0 Å². The van der Waals surface area contributed by atoms with Crippen LogP contribution in [0.2, 0.25) is 0 Å². The third-order valence-electron chi connectivity index (χ3n) is 11.1. The number of carbonyl (C=O) groups excluding carboxylic acids is 2. The first kappa shape index (κ1) is 43.5. The standard InChI is InChI=1S/C32H31BrN2O2.C16H20FN3O4/c1-35(2)19-18-32(36,28-15-9-13-22-10-7-8-14-26(22)28)30(23-11-5-4-6-12-23)27-21-24-20-25(33)16-17-29(24)34-31(27)37-3;1-11(21)18-9-13-10-20(16(22)24-13)12-2-3-15(14(17)8-12)19-4-6-23-7-5-19/h4-17,20-21,30,36H,18-19H2,1-3H3;2-3,8,13H,4-7,9-10H2,1H3,(H,18,21)/t30-,32-;13-/m10/s1. The lowest BCUT2D eigenvalue weighted by molar-refractivity contribution is -0.119. The molecule has 2 saturated heterocycles. The number of nitrogens with zero attached hydrogens (tertiary/aromatic N) is 4. The second kappa shape index (κ2) is 19.4. The molecule has 3 heterocycles. The Balaban J connectivity index is 0.000000202. The van der Waals surface area contributed by atoms with Crippen LogP contribution in [0.15, 0.2) is 120 Å². The minimum Gasteiger partial charge on any atom is -0.481 e. The molecule has 6 aromatic rings. The summed E-state index contributed by atoms with van der Waals surface area (Å²) in [6, 6.07) is 37.5. The Morgan fingerprint density at radius 2 is 1.72 bits per heavy atom. The van der Waals surface area contributed by atoms with Crippen molar-refractivity contribution in [3.63, 3.8) is 0 Å². The zero-order valence-electron chi connectivity index (χ0n) is 34.8. The predicted octanol–water partition coefficient (Wildman–Crippen LogP) is 8.25. The molecule has 2 amide bonds. The lowest BCUT2D eigenvalue weighted by Crippen LogP contribution is -2.38.